The maximum Gasteiger partial charge on any atom is 0.191 e. The summed E-state index contributed by atoms with van der Waals surface area (Å²) >= 11 is 0. The van der Waals surface area contributed by atoms with Gasteiger partial charge in [0.1, 0.15) is 5.75 Å². The second-order valence-electron chi connectivity index (χ2n) is 7.74. The van der Waals surface area contributed by atoms with Gasteiger partial charge >= 0.3 is 0 Å². The van der Waals surface area contributed by atoms with Gasteiger partial charge in [0.2, 0.25) is 0 Å². The third kappa shape index (κ3) is 6.22. The fourth-order valence-electron chi connectivity index (χ4n) is 4.00. The van der Waals surface area contributed by atoms with E-state index in [1.807, 2.05) is 19.2 Å². The lowest BCUT2D eigenvalue weighted by molar-refractivity contribution is 0.0242. The van der Waals surface area contributed by atoms with E-state index in [1.165, 1.54) is 18.4 Å². The molecule has 158 valence electrons. The molecule has 2 aliphatic heterocycles. The zero-order valence-electron chi connectivity index (χ0n) is 17.4. The Morgan fingerprint density at radius 3 is 2.50 bits per heavy atom. The number of hydrogen-bond donors (Lipinski definition) is 2. The highest BCUT2D eigenvalue weighted by Crippen LogP contribution is 2.26. The van der Waals surface area contributed by atoms with Crippen LogP contribution in [-0.4, -0.2) is 63.4 Å². The molecule has 7 heteroatoms. The molecule has 1 aromatic carbocycles. The topological polar surface area (TPSA) is 58.1 Å². The SMILES string of the molecule is CN=C(NCC(c1ccc(OC)cc1)N1CCCC1)NCC1(C)CCCO1.I. The summed E-state index contributed by atoms with van der Waals surface area (Å²) in [4.78, 5) is 6.96. The van der Waals surface area contributed by atoms with Crippen molar-refractivity contribution >= 4 is 29.9 Å². The van der Waals surface area contributed by atoms with Crippen LogP contribution in [0.5, 0.6) is 5.75 Å². The molecule has 1 aromatic rings. The minimum atomic E-state index is -0.0814. The first kappa shape index (κ1) is 23.2. The predicted octanol–water partition coefficient (Wildman–Crippen LogP) is 3.18. The highest BCUT2D eigenvalue weighted by atomic mass is 127. The maximum absolute atomic E-state index is 5.87. The minimum absolute atomic E-state index is 0. The monoisotopic (exact) mass is 502 g/mol. The van der Waals surface area contributed by atoms with Crippen molar-refractivity contribution in [1.29, 1.82) is 0 Å². The number of hydrogen-bond acceptors (Lipinski definition) is 4. The number of ether oxygens (including phenoxy) is 2. The minimum Gasteiger partial charge on any atom is -0.497 e. The molecular weight excluding hydrogens is 467 g/mol. The molecule has 2 aliphatic rings. The number of halogens is 1. The van der Waals surface area contributed by atoms with Gasteiger partial charge in [-0.2, -0.15) is 0 Å². The van der Waals surface area contributed by atoms with E-state index in [0.29, 0.717) is 6.04 Å². The Morgan fingerprint density at radius 1 is 1.21 bits per heavy atom. The van der Waals surface area contributed by atoms with Crippen LogP contribution in [0, 0.1) is 0 Å². The molecule has 0 aliphatic carbocycles. The third-order valence-corrected chi connectivity index (χ3v) is 5.70. The number of guanidine groups is 1. The van der Waals surface area contributed by atoms with Gasteiger partial charge in [-0.15, -0.1) is 24.0 Å². The van der Waals surface area contributed by atoms with E-state index in [9.17, 15) is 0 Å². The summed E-state index contributed by atoms with van der Waals surface area (Å²) in [5.74, 6) is 1.73. The molecule has 0 amide bonds. The van der Waals surface area contributed by atoms with Gasteiger partial charge < -0.3 is 20.1 Å². The van der Waals surface area contributed by atoms with Gasteiger partial charge in [-0.05, 0) is 63.4 Å². The summed E-state index contributed by atoms with van der Waals surface area (Å²) in [5, 5.41) is 6.97. The number of nitrogens with zero attached hydrogens (tertiary/aromatic N) is 2. The van der Waals surface area contributed by atoms with Gasteiger partial charge in [-0.25, -0.2) is 0 Å². The average molecular weight is 502 g/mol. The molecule has 2 unspecified atom stereocenters. The molecule has 28 heavy (non-hydrogen) atoms. The Hall–Kier alpha value is -1.06. The number of methoxy groups -OCH3 is 1. The fourth-order valence-corrected chi connectivity index (χ4v) is 4.00. The molecule has 6 nitrogen and oxygen atoms in total. The van der Waals surface area contributed by atoms with Crippen LogP contribution in [0.4, 0.5) is 0 Å². The van der Waals surface area contributed by atoms with Crippen molar-refractivity contribution in [2.45, 2.75) is 44.2 Å². The average Bonchev–Trinajstić information content (AvgIpc) is 3.37. The van der Waals surface area contributed by atoms with Crippen LogP contribution in [0.2, 0.25) is 0 Å². The first-order valence-corrected chi connectivity index (χ1v) is 10.1. The zero-order chi connectivity index (χ0) is 19.1. The third-order valence-electron chi connectivity index (χ3n) is 5.70. The quantitative estimate of drug-likeness (QED) is 0.341. The molecule has 2 atom stereocenters. The Bertz CT molecular complexity index is 611. The second-order valence-corrected chi connectivity index (χ2v) is 7.74. The van der Waals surface area contributed by atoms with Crippen LogP contribution < -0.4 is 15.4 Å². The summed E-state index contributed by atoms with van der Waals surface area (Å²) in [7, 11) is 3.53. The van der Waals surface area contributed by atoms with Crippen molar-refractivity contribution in [3.8, 4) is 5.75 Å². The maximum atomic E-state index is 5.87. The molecule has 0 saturated carbocycles. The first-order valence-electron chi connectivity index (χ1n) is 10.1. The standard InChI is InChI=1S/C21H34N4O2.HI/c1-21(11-6-14-27-21)16-24-20(22-2)23-15-19(25-12-4-5-13-25)17-7-9-18(26-3)10-8-17;/h7-10,19H,4-6,11-16H2,1-3H3,(H2,22,23,24);1H. The number of benzene rings is 1. The Morgan fingerprint density at radius 2 is 1.93 bits per heavy atom. The van der Waals surface area contributed by atoms with E-state index in [-0.39, 0.29) is 29.6 Å². The highest BCUT2D eigenvalue weighted by molar-refractivity contribution is 14.0. The number of likely N-dealkylation sites (tertiary alicyclic amines) is 1. The van der Waals surface area contributed by atoms with Crippen LogP contribution in [0.15, 0.2) is 29.3 Å². The fraction of sp³-hybridized carbons (Fsp3) is 0.667. The zero-order valence-corrected chi connectivity index (χ0v) is 19.7. The van der Waals surface area contributed by atoms with E-state index in [0.717, 1.165) is 57.3 Å². The van der Waals surface area contributed by atoms with Gasteiger partial charge in [-0.1, -0.05) is 12.1 Å². The molecule has 2 fully saturated rings. The number of nitrogens with one attached hydrogen (secondary N) is 2. The van der Waals surface area contributed by atoms with Crippen molar-refractivity contribution in [2.24, 2.45) is 4.99 Å². The summed E-state index contributed by atoms with van der Waals surface area (Å²) in [5.41, 5.74) is 1.23. The van der Waals surface area contributed by atoms with Gasteiger partial charge in [0.25, 0.3) is 0 Å². The lowest BCUT2D eigenvalue weighted by Gasteiger charge is -2.30. The van der Waals surface area contributed by atoms with Crippen LogP contribution in [0.3, 0.4) is 0 Å². The van der Waals surface area contributed by atoms with E-state index in [2.05, 4.69) is 39.6 Å². The molecule has 3 rings (SSSR count). The van der Waals surface area contributed by atoms with E-state index in [1.54, 1.807) is 7.11 Å². The molecular formula is C21H35IN4O2. The summed E-state index contributed by atoms with van der Waals surface area (Å²) in [6.07, 6.45) is 4.78. The predicted molar refractivity (Wildman–Crippen MR) is 125 cm³/mol. The van der Waals surface area contributed by atoms with Crippen molar-refractivity contribution in [3.63, 3.8) is 0 Å². The van der Waals surface area contributed by atoms with Crippen molar-refractivity contribution in [2.75, 3.05) is 46.9 Å². The molecule has 2 saturated heterocycles. The van der Waals surface area contributed by atoms with Gasteiger partial charge in [0.15, 0.2) is 5.96 Å². The summed E-state index contributed by atoms with van der Waals surface area (Å²) in [6, 6.07) is 8.77. The van der Waals surface area contributed by atoms with Gasteiger partial charge in [0.05, 0.1) is 18.8 Å². The number of rotatable bonds is 7. The second kappa shape index (κ2) is 11.2. The van der Waals surface area contributed by atoms with Crippen LogP contribution >= 0.6 is 24.0 Å². The first-order chi connectivity index (χ1) is 13.1. The van der Waals surface area contributed by atoms with Crippen LogP contribution in [0.1, 0.15) is 44.2 Å². The van der Waals surface area contributed by atoms with Crippen LogP contribution in [0.25, 0.3) is 0 Å². The summed E-state index contributed by atoms with van der Waals surface area (Å²) < 4.78 is 11.2. The largest absolute Gasteiger partial charge is 0.497 e. The van der Waals surface area contributed by atoms with E-state index < -0.39 is 0 Å². The van der Waals surface area contributed by atoms with Crippen molar-refractivity contribution < 1.29 is 9.47 Å². The Labute approximate surface area is 186 Å². The van der Waals surface area contributed by atoms with Gasteiger partial charge in [-0.3, -0.25) is 9.89 Å². The Balaban J connectivity index is 0.00000280. The number of aliphatic imine (C=N–C) groups is 1. The summed E-state index contributed by atoms with van der Waals surface area (Å²) in [6.45, 7) is 6.93. The van der Waals surface area contributed by atoms with Crippen LogP contribution in [-0.2, 0) is 4.74 Å². The lowest BCUT2D eigenvalue weighted by atomic mass is 10.0. The molecule has 2 heterocycles. The molecule has 2 N–H and O–H groups in total. The van der Waals surface area contributed by atoms with E-state index >= 15 is 0 Å². The molecule has 0 radical (unpaired) electrons. The molecule has 0 aromatic heterocycles. The smallest absolute Gasteiger partial charge is 0.191 e. The van der Waals surface area contributed by atoms with E-state index in [4.69, 9.17) is 9.47 Å². The van der Waals surface area contributed by atoms with Gasteiger partial charge in [0, 0.05) is 26.7 Å². The normalized spacial score (nSPS) is 23.9. The molecule has 0 spiro atoms. The van der Waals surface area contributed by atoms with Crippen molar-refractivity contribution in [3.05, 3.63) is 29.8 Å². The lowest BCUT2D eigenvalue weighted by Crippen LogP contribution is -2.47. The highest BCUT2D eigenvalue weighted by Gasteiger charge is 2.30. The van der Waals surface area contributed by atoms with Crippen molar-refractivity contribution in [1.82, 2.24) is 15.5 Å². The molecule has 0 bridgehead atoms. The Kier molecular flexibility index (Phi) is 9.30.